The van der Waals surface area contributed by atoms with Gasteiger partial charge in [0.1, 0.15) is 5.75 Å². The predicted octanol–water partition coefficient (Wildman–Crippen LogP) is 0.218. The number of hydrogen-bond acceptors (Lipinski definition) is 5. The number of halogens is 1. The summed E-state index contributed by atoms with van der Waals surface area (Å²) in [6.45, 7) is 1.53. The van der Waals surface area contributed by atoms with Crippen LogP contribution in [0.4, 0.5) is 0 Å². The maximum atomic E-state index is 12.0. The number of para-hydroxylation sites is 1. The Morgan fingerprint density at radius 2 is 1.85 bits per heavy atom. The summed E-state index contributed by atoms with van der Waals surface area (Å²) >= 11 is 0. The summed E-state index contributed by atoms with van der Waals surface area (Å²) in [5.41, 5.74) is 5.96. The molecule has 0 aliphatic heterocycles. The maximum absolute atomic E-state index is 12.0. The van der Waals surface area contributed by atoms with Crippen molar-refractivity contribution in [2.24, 2.45) is 5.73 Å². The number of carbonyl (C=O) groups excluding carboxylic acids is 3. The number of likely N-dealkylation sites (N-methyl/N-ethyl adjacent to an activating group) is 1. The second kappa shape index (κ2) is 12.1. The second-order valence-electron chi connectivity index (χ2n) is 5.62. The lowest BCUT2D eigenvalue weighted by molar-refractivity contribution is -0.130. The molecule has 26 heavy (non-hydrogen) atoms. The third-order valence-electron chi connectivity index (χ3n) is 3.52. The number of ether oxygens (including phenoxy) is 1. The quantitative estimate of drug-likeness (QED) is 0.561. The fraction of sp³-hybridized carbons (Fsp3) is 0.471. The number of benzene rings is 1. The Morgan fingerprint density at radius 3 is 2.42 bits per heavy atom. The third kappa shape index (κ3) is 7.71. The molecule has 1 aromatic carbocycles. The molecule has 0 bridgehead atoms. The van der Waals surface area contributed by atoms with Crippen LogP contribution in [0.5, 0.6) is 5.75 Å². The standard InChI is InChI=1S/C17H26N4O4.ClH/c1-4-13(20-16(23)10-19-15(22)9-18)12-7-5-6-8-14(12)25-11-17(24)21(2)3;/h5-8,13H,4,9-11,18H2,1-3H3,(H,19,22)(H,20,23);1H. The van der Waals surface area contributed by atoms with Gasteiger partial charge in [-0.25, -0.2) is 0 Å². The molecule has 3 amide bonds. The Labute approximate surface area is 159 Å². The minimum Gasteiger partial charge on any atom is -0.483 e. The van der Waals surface area contributed by atoms with Crippen molar-refractivity contribution in [1.29, 1.82) is 0 Å². The summed E-state index contributed by atoms with van der Waals surface area (Å²) in [6.07, 6.45) is 0.624. The number of hydrogen-bond donors (Lipinski definition) is 3. The molecule has 4 N–H and O–H groups in total. The molecule has 1 atom stereocenters. The SMILES string of the molecule is CCC(NC(=O)CNC(=O)CN)c1ccccc1OCC(=O)N(C)C.Cl. The van der Waals surface area contributed by atoms with Crippen molar-refractivity contribution in [3.63, 3.8) is 0 Å². The fourth-order valence-corrected chi connectivity index (χ4v) is 2.06. The molecule has 0 aliphatic rings. The topological polar surface area (TPSA) is 114 Å². The van der Waals surface area contributed by atoms with Crippen LogP contribution in [0.2, 0.25) is 0 Å². The van der Waals surface area contributed by atoms with E-state index in [1.165, 1.54) is 4.90 Å². The van der Waals surface area contributed by atoms with Crippen molar-refractivity contribution in [2.75, 3.05) is 33.8 Å². The lowest BCUT2D eigenvalue weighted by Gasteiger charge is -2.21. The maximum Gasteiger partial charge on any atom is 0.259 e. The van der Waals surface area contributed by atoms with Crippen molar-refractivity contribution in [3.05, 3.63) is 29.8 Å². The zero-order chi connectivity index (χ0) is 18.8. The summed E-state index contributed by atoms with van der Waals surface area (Å²) in [5.74, 6) is -0.339. The van der Waals surface area contributed by atoms with E-state index >= 15 is 0 Å². The number of rotatable bonds is 9. The highest BCUT2D eigenvalue weighted by Gasteiger charge is 2.18. The van der Waals surface area contributed by atoms with Crippen LogP contribution in [0, 0.1) is 0 Å². The molecule has 0 spiro atoms. The normalized spacial score (nSPS) is 10.9. The number of amides is 3. The molecule has 9 heteroatoms. The van der Waals surface area contributed by atoms with E-state index in [2.05, 4.69) is 10.6 Å². The second-order valence-corrected chi connectivity index (χ2v) is 5.62. The Morgan fingerprint density at radius 1 is 1.19 bits per heavy atom. The first-order chi connectivity index (χ1) is 11.9. The van der Waals surface area contributed by atoms with Gasteiger partial charge in [-0.15, -0.1) is 12.4 Å². The number of nitrogens with two attached hydrogens (primary N) is 1. The molecule has 0 fully saturated rings. The Balaban J connectivity index is 0.00000625. The molecule has 146 valence electrons. The first-order valence-corrected chi connectivity index (χ1v) is 8.07. The van der Waals surface area contributed by atoms with Crippen LogP contribution in [-0.4, -0.2) is 56.4 Å². The van der Waals surface area contributed by atoms with Crippen LogP contribution in [0.15, 0.2) is 24.3 Å². The molecule has 8 nitrogen and oxygen atoms in total. The van der Waals surface area contributed by atoms with Crippen LogP contribution < -0.4 is 21.1 Å². The van der Waals surface area contributed by atoms with E-state index < -0.39 is 5.91 Å². The van der Waals surface area contributed by atoms with Crippen molar-refractivity contribution in [3.8, 4) is 5.75 Å². The third-order valence-corrected chi connectivity index (χ3v) is 3.52. The van der Waals surface area contributed by atoms with Crippen molar-refractivity contribution < 1.29 is 19.1 Å². The average Bonchev–Trinajstić information content (AvgIpc) is 2.62. The van der Waals surface area contributed by atoms with E-state index in [0.717, 1.165) is 5.56 Å². The van der Waals surface area contributed by atoms with Gasteiger partial charge in [0.25, 0.3) is 5.91 Å². The van der Waals surface area contributed by atoms with Crippen molar-refractivity contribution >= 4 is 30.1 Å². The smallest absolute Gasteiger partial charge is 0.259 e. The Kier molecular flexibility index (Phi) is 11.0. The van der Waals surface area contributed by atoms with Gasteiger partial charge >= 0.3 is 0 Å². The molecule has 1 unspecified atom stereocenters. The molecule has 0 saturated heterocycles. The summed E-state index contributed by atoms with van der Waals surface area (Å²) in [7, 11) is 3.31. The van der Waals surface area contributed by atoms with Gasteiger partial charge < -0.3 is 26.0 Å². The first-order valence-electron chi connectivity index (χ1n) is 8.07. The van der Waals surface area contributed by atoms with Gasteiger partial charge in [-0.2, -0.15) is 0 Å². The van der Waals surface area contributed by atoms with Gasteiger partial charge in [-0.3, -0.25) is 14.4 Å². The van der Waals surface area contributed by atoms with E-state index in [9.17, 15) is 14.4 Å². The molecule has 1 aromatic rings. The van der Waals surface area contributed by atoms with Gasteiger partial charge in [0, 0.05) is 19.7 Å². The Hall–Kier alpha value is -2.32. The average molecular weight is 387 g/mol. The highest BCUT2D eigenvalue weighted by Crippen LogP contribution is 2.27. The van der Waals surface area contributed by atoms with Crippen LogP contribution in [-0.2, 0) is 14.4 Å². The van der Waals surface area contributed by atoms with Gasteiger partial charge in [-0.05, 0) is 12.5 Å². The largest absolute Gasteiger partial charge is 0.483 e. The zero-order valence-corrected chi connectivity index (χ0v) is 16.1. The lowest BCUT2D eigenvalue weighted by atomic mass is 10.0. The molecule has 0 aliphatic carbocycles. The molecule has 1 rings (SSSR count). The predicted molar refractivity (Wildman–Crippen MR) is 101 cm³/mol. The summed E-state index contributed by atoms with van der Waals surface area (Å²) in [4.78, 5) is 36.3. The fourth-order valence-electron chi connectivity index (χ4n) is 2.06. The summed E-state index contributed by atoms with van der Waals surface area (Å²) in [6, 6.07) is 6.93. The van der Waals surface area contributed by atoms with Crippen LogP contribution in [0.3, 0.4) is 0 Å². The monoisotopic (exact) mass is 386 g/mol. The molecule has 0 saturated carbocycles. The molecular formula is C17H27ClN4O4. The van der Waals surface area contributed by atoms with E-state index in [0.29, 0.717) is 12.2 Å². The van der Waals surface area contributed by atoms with Gasteiger partial charge in [0.05, 0.1) is 19.1 Å². The van der Waals surface area contributed by atoms with E-state index in [4.69, 9.17) is 10.5 Å². The highest BCUT2D eigenvalue weighted by molar-refractivity contribution is 5.86. The van der Waals surface area contributed by atoms with Crippen molar-refractivity contribution in [1.82, 2.24) is 15.5 Å². The number of nitrogens with zero attached hydrogens (tertiary/aromatic N) is 1. The Bertz CT molecular complexity index is 610. The summed E-state index contributed by atoms with van der Waals surface area (Å²) in [5, 5.41) is 5.27. The van der Waals surface area contributed by atoms with Crippen LogP contribution in [0.25, 0.3) is 0 Å². The summed E-state index contributed by atoms with van der Waals surface area (Å²) < 4.78 is 5.61. The first kappa shape index (κ1) is 23.7. The molecule has 0 aromatic heterocycles. The number of carbonyl (C=O) groups is 3. The van der Waals surface area contributed by atoms with E-state index in [-0.39, 0.29) is 50.0 Å². The molecule has 0 radical (unpaired) electrons. The van der Waals surface area contributed by atoms with Gasteiger partial charge in [-0.1, -0.05) is 25.1 Å². The van der Waals surface area contributed by atoms with E-state index in [1.54, 1.807) is 26.2 Å². The minimum atomic E-state index is -0.394. The highest BCUT2D eigenvalue weighted by atomic mass is 35.5. The number of nitrogens with one attached hydrogen (secondary N) is 2. The van der Waals surface area contributed by atoms with Crippen LogP contribution in [0.1, 0.15) is 24.9 Å². The molecular weight excluding hydrogens is 360 g/mol. The zero-order valence-electron chi connectivity index (χ0n) is 15.3. The van der Waals surface area contributed by atoms with Crippen molar-refractivity contribution in [2.45, 2.75) is 19.4 Å². The van der Waals surface area contributed by atoms with Gasteiger partial charge in [0.2, 0.25) is 11.8 Å². The van der Waals surface area contributed by atoms with E-state index in [1.807, 2.05) is 19.1 Å². The van der Waals surface area contributed by atoms with Gasteiger partial charge in [0.15, 0.2) is 6.61 Å². The minimum absolute atomic E-state index is 0. The van der Waals surface area contributed by atoms with Crippen LogP contribution >= 0.6 is 12.4 Å². The lowest BCUT2D eigenvalue weighted by Crippen LogP contribution is -2.40. The molecule has 0 heterocycles.